The van der Waals surface area contributed by atoms with E-state index in [2.05, 4.69) is 73.5 Å². The first-order valence-corrected chi connectivity index (χ1v) is 10.8. The quantitative estimate of drug-likeness (QED) is 0.267. The summed E-state index contributed by atoms with van der Waals surface area (Å²) in [5, 5.41) is 17.1. The van der Waals surface area contributed by atoms with E-state index >= 15 is 0 Å². The molecule has 0 spiro atoms. The molecule has 0 amide bonds. The summed E-state index contributed by atoms with van der Waals surface area (Å²) in [6.45, 7) is 6.07. The van der Waals surface area contributed by atoms with Crippen LogP contribution >= 0.6 is 34.4 Å². The van der Waals surface area contributed by atoms with Gasteiger partial charge in [-0.2, -0.15) is 0 Å². The maximum Gasteiger partial charge on any atom is 0.342 e. The number of aryl methyl sites for hydroxylation is 2. The Morgan fingerprint density at radius 1 is 1.32 bits per heavy atom. The van der Waals surface area contributed by atoms with E-state index in [-0.39, 0.29) is 4.91 Å². The van der Waals surface area contributed by atoms with Crippen molar-refractivity contribution in [3.05, 3.63) is 61.6 Å². The van der Waals surface area contributed by atoms with Gasteiger partial charge in [-0.3, -0.25) is 5.10 Å². The fraction of sp³-hybridized carbons (Fsp3) is 0.250. The number of aromatic amines is 1. The number of hydrogen-bond donors (Lipinski definition) is 2. The van der Waals surface area contributed by atoms with Crippen LogP contribution in [-0.2, 0) is 11.2 Å². The van der Waals surface area contributed by atoms with Gasteiger partial charge in [0.05, 0.1) is 0 Å². The molecule has 2 aromatic heterocycles. The van der Waals surface area contributed by atoms with E-state index in [1.165, 1.54) is 3.57 Å². The van der Waals surface area contributed by atoms with Gasteiger partial charge in [-0.1, -0.05) is 6.92 Å². The molecule has 0 saturated heterocycles. The number of rotatable bonds is 7. The van der Waals surface area contributed by atoms with Gasteiger partial charge in [-0.25, -0.2) is 9.78 Å². The smallest absolute Gasteiger partial charge is 0.342 e. The van der Waals surface area contributed by atoms with E-state index < -0.39 is 5.97 Å². The van der Waals surface area contributed by atoms with Gasteiger partial charge < -0.3 is 9.67 Å². The first-order chi connectivity index (χ1) is 13.4. The third kappa shape index (κ3) is 4.67. The van der Waals surface area contributed by atoms with E-state index in [4.69, 9.17) is 0 Å². The van der Waals surface area contributed by atoms with Gasteiger partial charge >= 0.3 is 5.97 Å². The number of nitrogens with zero attached hydrogens (tertiary/aromatic N) is 3. The molecule has 0 aliphatic carbocycles. The Bertz CT molecular complexity index is 1020. The minimum Gasteiger partial charge on any atom is -0.477 e. The number of aliphatic carboxylic acids is 1. The maximum atomic E-state index is 11.8. The molecule has 146 valence electrons. The number of benzene rings is 1. The Labute approximate surface area is 181 Å². The highest BCUT2D eigenvalue weighted by atomic mass is 127. The molecule has 3 rings (SSSR count). The van der Waals surface area contributed by atoms with Crippen LogP contribution in [0.3, 0.4) is 0 Å². The van der Waals surface area contributed by atoms with Crippen LogP contribution in [0.15, 0.2) is 40.4 Å². The van der Waals surface area contributed by atoms with Crippen molar-refractivity contribution in [2.45, 2.75) is 38.8 Å². The predicted molar refractivity (Wildman–Crippen MR) is 120 cm³/mol. The van der Waals surface area contributed by atoms with Gasteiger partial charge in [-0.15, -0.1) is 5.10 Å². The number of thioether (sulfide) groups is 1. The summed E-state index contributed by atoms with van der Waals surface area (Å²) >= 11 is 3.34. The van der Waals surface area contributed by atoms with Crippen molar-refractivity contribution in [2.24, 2.45) is 0 Å². The molecule has 8 heteroatoms. The SMILES string of the molecule is CCCc1nc(S/C(=C\c2cc(C)n(-c3ccc(I)cc3)c2C)C(=O)O)n[nH]1. The van der Waals surface area contributed by atoms with Crippen LogP contribution in [0.4, 0.5) is 0 Å². The summed E-state index contributed by atoms with van der Waals surface area (Å²) < 4.78 is 3.29. The lowest BCUT2D eigenvalue weighted by atomic mass is 10.2. The second-order valence-electron chi connectivity index (χ2n) is 6.37. The monoisotopic (exact) mass is 508 g/mol. The van der Waals surface area contributed by atoms with Gasteiger partial charge in [0.2, 0.25) is 5.16 Å². The number of halogens is 1. The summed E-state index contributed by atoms with van der Waals surface area (Å²) in [5.74, 6) is -0.225. The van der Waals surface area contributed by atoms with Crippen molar-refractivity contribution in [3.8, 4) is 5.69 Å². The third-order valence-electron chi connectivity index (χ3n) is 4.25. The highest BCUT2D eigenvalue weighted by Gasteiger charge is 2.16. The van der Waals surface area contributed by atoms with Crippen LogP contribution in [0, 0.1) is 17.4 Å². The first-order valence-electron chi connectivity index (χ1n) is 8.88. The van der Waals surface area contributed by atoms with Gasteiger partial charge in [0.1, 0.15) is 10.7 Å². The van der Waals surface area contributed by atoms with Crippen molar-refractivity contribution in [3.63, 3.8) is 0 Å². The Morgan fingerprint density at radius 2 is 2.04 bits per heavy atom. The zero-order valence-corrected chi connectivity index (χ0v) is 18.8. The van der Waals surface area contributed by atoms with Gasteiger partial charge in [0.15, 0.2) is 0 Å². The lowest BCUT2D eigenvalue weighted by Crippen LogP contribution is -2.00. The first kappa shape index (κ1) is 20.7. The van der Waals surface area contributed by atoms with Gasteiger partial charge in [0.25, 0.3) is 0 Å². The Kier molecular flexibility index (Phi) is 6.61. The summed E-state index contributed by atoms with van der Waals surface area (Å²) in [5.41, 5.74) is 3.95. The molecular formula is C20H21IN4O2S. The van der Waals surface area contributed by atoms with E-state index in [0.717, 1.165) is 53.1 Å². The molecule has 0 radical (unpaired) electrons. The van der Waals surface area contributed by atoms with E-state index in [1.807, 2.05) is 19.9 Å². The molecule has 0 fully saturated rings. The van der Waals surface area contributed by atoms with Crippen molar-refractivity contribution < 1.29 is 9.90 Å². The Morgan fingerprint density at radius 3 is 2.68 bits per heavy atom. The molecule has 2 N–H and O–H groups in total. The second-order valence-corrected chi connectivity index (χ2v) is 8.62. The zero-order chi connectivity index (χ0) is 20.3. The largest absolute Gasteiger partial charge is 0.477 e. The van der Waals surface area contributed by atoms with Crippen LogP contribution in [0.1, 0.15) is 36.1 Å². The average molecular weight is 508 g/mol. The fourth-order valence-corrected chi connectivity index (χ4v) is 4.04. The average Bonchev–Trinajstić information content (AvgIpc) is 3.20. The van der Waals surface area contributed by atoms with Crippen molar-refractivity contribution in [2.75, 3.05) is 0 Å². The lowest BCUT2D eigenvalue weighted by molar-refractivity contribution is -0.131. The molecule has 6 nitrogen and oxygen atoms in total. The minimum atomic E-state index is -0.995. The summed E-state index contributed by atoms with van der Waals surface area (Å²) in [4.78, 5) is 16.3. The molecule has 2 heterocycles. The molecule has 28 heavy (non-hydrogen) atoms. The molecule has 0 atom stereocenters. The summed E-state index contributed by atoms with van der Waals surface area (Å²) in [7, 11) is 0. The maximum absolute atomic E-state index is 11.8. The van der Waals surface area contributed by atoms with Crippen LogP contribution in [-0.4, -0.2) is 30.8 Å². The summed E-state index contributed by atoms with van der Waals surface area (Å²) in [6.07, 6.45) is 3.43. The van der Waals surface area contributed by atoms with Crippen LogP contribution in [0.5, 0.6) is 0 Å². The van der Waals surface area contributed by atoms with Crippen molar-refractivity contribution in [1.82, 2.24) is 19.7 Å². The molecule has 1 aromatic carbocycles. The zero-order valence-electron chi connectivity index (χ0n) is 15.9. The standard InChI is InChI=1S/C20H21IN4O2S/c1-4-5-18-22-20(24-23-18)28-17(19(26)27)11-14-10-12(2)25(13(14)3)16-8-6-15(21)7-9-16/h6-11H,4-5H2,1-3H3,(H,26,27)(H,22,23,24)/b17-11-. The molecule has 0 saturated carbocycles. The second kappa shape index (κ2) is 8.95. The third-order valence-corrected chi connectivity index (χ3v) is 5.85. The lowest BCUT2D eigenvalue weighted by Gasteiger charge is -2.09. The number of carboxylic acids is 1. The highest BCUT2D eigenvalue weighted by Crippen LogP contribution is 2.29. The topological polar surface area (TPSA) is 83.8 Å². The van der Waals surface area contributed by atoms with E-state index in [1.54, 1.807) is 6.08 Å². The molecule has 0 aliphatic rings. The van der Waals surface area contributed by atoms with Crippen LogP contribution in [0.2, 0.25) is 0 Å². The van der Waals surface area contributed by atoms with Crippen molar-refractivity contribution >= 4 is 46.4 Å². The Balaban J connectivity index is 1.93. The minimum absolute atomic E-state index is 0.185. The number of carbonyl (C=O) groups is 1. The van der Waals surface area contributed by atoms with Crippen LogP contribution in [0.25, 0.3) is 11.8 Å². The number of nitrogens with one attached hydrogen (secondary N) is 1. The van der Waals surface area contributed by atoms with Crippen LogP contribution < -0.4 is 0 Å². The van der Waals surface area contributed by atoms with E-state index in [9.17, 15) is 9.90 Å². The predicted octanol–water partition coefficient (Wildman–Crippen LogP) is 4.99. The van der Waals surface area contributed by atoms with Gasteiger partial charge in [0, 0.05) is 27.1 Å². The number of aromatic nitrogens is 4. The molecular weight excluding hydrogens is 487 g/mol. The van der Waals surface area contributed by atoms with Crippen molar-refractivity contribution in [1.29, 1.82) is 0 Å². The molecule has 3 aromatic rings. The number of carboxylic acid groups (broad SMARTS) is 1. The molecule has 0 unspecified atom stereocenters. The van der Waals surface area contributed by atoms with E-state index in [0.29, 0.717) is 5.16 Å². The molecule has 0 bridgehead atoms. The van der Waals surface area contributed by atoms with Gasteiger partial charge in [-0.05, 0) is 96.6 Å². The Hall–Kier alpha value is -2.07. The highest BCUT2D eigenvalue weighted by molar-refractivity contribution is 14.1. The normalized spacial score (nSPS) is 11.8. The summed E-state index contributed by atoms with van der Waals surface area (Å²) in [6, 6.07) is 10.2. The number of H-pyrrole nitrogens is 1. The number of hydrogen-bond acceptors (Lipinski definition) is 4. The molecule has 0 aliphatic heterocycles. The fourth-order valence-electron chi connectivity index (χ4n) is 2.97.